The van der Waals surface area contributed by atoms with E-state index in [9.17, 15) is 14.7 Å². The lowest BCUT2D eigenvalue weighted by Gasteiger charge is -2.39. The Hall–Kier alpha value is -2.82. The maximum absolute atomic E-state index is 12.6. The van der Waals surface area contributed by atoms with E-state index in [-0.39, 0.29) is 5.91 Å². The molecule has 1 aliphatic heterocycles. The lowest BCUT2D eigenvalue weighted by Crippen LogP contribution is -2.49. The van der Waals surface area contributed by atoms with E-state index in [1.54, 1.807) is 12.0 Å². The summed E-state index contributed by atoms with van der Waals surface area (Å²) in [4.78, 5) is 26.4. The van der Waals surface area contributed by atoms with Crippen molar-refractivity contribution in [3.8, 4) is 5.75 Å². The fourth-order valence-corrected chi connectivity index (χ4v) is 3.59. The van der Waals surface area contributed by atoms with Crippen LogP contribution in [-0.4, -0.2) is 42.1 Å². The number of carbonyl (C=O) groups excluding carboxylic acids is 1. The SMILES string of the molecule is COc1cccc(CC(=O)N2CCC(C(=O)O)(c3ccccc3)CC2)c1. The number of carboxylic acids is 1. The second-order valence-electron chi connectivity index (χ2n) is 6.66. The molecule has 5 nitrogen and oxygen atoms in total. The van der Waals surface area contributed by atoms with Crippen molar-refractivity contribution in [3.05, 3.63) is 65.7 Å². The molecule has 0 spiro atoms. The third kappa shape index (κ3) is 3.57. The number of piperidine rings is 1. The molecule has 2 aromatic carbocycles. The molecule has 2 aromatic rings. The number of ether oxygens (including phenoxy) is 1. The van der Waals surface area contributed by atoms with E-state index in [0.717, 1.165) is 16.9 Å². The van der Waals surface area contributed by atoms with Gasteiger partial charge in [-0.2, -0.15) is 0 Å². The minimum atomic E-state index is -0.909. The Labute approximate surface area is 153 Å². The molecule has 1 N–H and O–H groups in total. The van der Waals surface area contributed by atoms with Gasteiger partial charge in [0, 0.05) is 13.1 Å². The van der Waals surface area contributed by atoms with Crippen molar-refractivity contribution in [2.45, 2.75) is 24.7 Å². The molecule has 5 heteroatoms. The molecule has 0 bridgehead atoms. The van der Waals surface area contributed by atoms with Gasteiger partial charge in [0.25, 0.3) is 0 Å². The van der Waals surface area contributed by atoms with Crippen LogP contribution in [0.3, 0.4) is 0 Å². The topological polar surface area (TPSA) is 66.8 Å². The summed E-state index contributed by atoms with van der Waals surface area (Å²) in [6, 6.07) is 16.8. The number of aliphatic carboxylic acids is 1. The molecule has 26 heavy (non-hydrogen) atoms. The van der Waals surface area contributed by atoms with Crippen LogP contribution in [0.1, 0.15) is 24.0 Å². The molecule has 0 atom stereocenters. The molecule has 0 aromatic heterocycles. The summed E-state index contributed by atoms with van der Waals surface area (Å²) in [7, 11) is 1.60. The first kappa shape index (κ1) is 18.0. The lowest BCUT2D eigenvalue weighted by molar-refractivity contribution is -0.148. The Morgan fingerprint density at radius 1 is 1.08 bits per heavy atom. The Morgan fingerprint density at radius 2 is 1.77 bits per heavy atom. The van der Waals surface area contributed by atoms with Gasteiger partial charge in [-0.15, -0.1) is 0 Å². The average Bonchev–Trinajstić information content (AvgIpc) is 2.68. The van der Waals surface area contributed by atoms with Crippen LogP contribution in [0.25, 0.3) is 0 Å². The van der Waals surface area contributed by atoms with Gasteiger partial charge < -0.3 is 14.7 Å². The van der Waals surface area contributed by atoms with E-state index in [2.05, 4.69) is 0 Å². The molecular formula is C21H23NO4. The minimum absolute atomic E-state index is 0.0188. The number of hydrogen-bond donors (Lipinski definition) is 1. The van der Waals surface area contributed by atoms with Gasteiger partial charge in [0.2, 0.25) is 5.91 Å². The first-order valence-corrected chi connectivity index (χ1v) is 8.75. The number of amides is 1. The van der Waals surface area contributed by atoms with Gasteiger partial charge >= 0.3 is 5.97 Å². The van der Waals surface area contributed by atoms with Gasteiger partial charge in [-0.1, -0.05) is 42.5 Å². The summed E-state index contributed by atoms with van der Waals surface area (Å²) >= 11 is 0. The number of nitrogens with zero attached hydrogens (tertiary/aromatic N) is 1. The smallest absolute Gasteiger partial charge is 0.314 e. The minimum Gasteiger partial charge on any atom is -0.497 e. The van der Waals surface area contributed by atoms with Crippen LogP contribution in [0.15, 0.2) is 54.6 Å². The van der Waals surface area contributed by atoms with Crippen molar-refractivity contribution in [2.24, 2.45) is 0 Å². The third-order valence-electron chi connectivity index (χ3n) is 5.19. The highest BCUT2D eigenvalue weighted by molar-refractivity contribution is 5.83. The zero-order chi connectivity index (χ0) is 18.6. The summed E-state index contributed by atoms with van der Waals surface area (Å²) in [5.41, 5.74) is 0.799. The molecule has 0 aliphatic carbocycles. The van der Waals surface area contributed by atoms with Crippen molar-refractivity contribution in [2.75, 3.05) is 20.2 Å². The normalized spacial score (nSPS) is 16.1. The molecule has 136 valence electrons. The number of methoxy groups -OCH3 is 1. The first-order valence-electron chi connectivity index (χ1n) is 8.75. The summed E-state index contributed by atoms with van der Waals surface area (Å²) < 4.78 is 5.19. The summed E-state index contributed by atoms with van der Waals surface area (Å²) in [6.45, 7) is 0.897. The van der Waals surface area contributed by atoms with E-state index in [1.807, 2.05) is 54.6 Å². The quantitative estimate of drug-likeness (QED) is 0.898. The van der Waals surface area contributed by atoms with Crippen LogP contribution >= 0.6 is 0 Å². The van der Waals surface area contributed by atoms with E-state index >= 15 is 0 Å². The van der Waals surface area contributed by atoms with Gasteiger partial charge in [0.15, 0.2) is 0 Å². The Balaban J connectivity index is 1.68. The van der Waals surface area contributed by atoms with Crippen LogP contribution in [-0.2, 0) is 21.4 Å². The monoisotopic (exact) mass is 353 g/mol. The standard InChI is InChI=1S/C21H23NO4/c1-26-18-9-5-6-16(14-18)15-19(23)22-12-10-21(11-13-22,20(24)25)17-7-3-2-4-8-17/h2-9,14H,10-13,15H2,1H3,(H,24,25). The second kappa shape index (κ2) is 7.60. The van der Waals surface area contributed by atoms with Crippen LogP contribution in [0, 0.1) is 0 Å². The van der Waals surface area contributed by atoms with Crippen molar-refractivity contribution in [1.29, 1.82) is 0 Å². The van der Waals surface area contributed by atoms with Crippen molar-refractivity contribution < 1.29 is 19.4 Å². The number of carbonyl (C=O) groups is 2. The number of benzene rings is 2. The highest BCUT2D eigenvalue weighted by atomic mass is 16.5. The van der Waals surface area contributed by atoms with Crippen molar-refractivity contribution >= 4 is 11.9 Å². The largest absolute Gasteiger partial charge is 0.497 e. The Kier molecular flexibility index (Phi) is 5.26. The molecule has 1 saturated heterocycles. The van der Waals surface area contributed by atoms with Crippen LogP contribution in [0.5, 0.6) is 5.75 Å². The fraction of sp³-hybridized carbons (Fsp3) is 0.333. The maximum atomic E-state index is 12.6. The average molecular weight is 353 g/mol. The zero-order valence-corrected chi connectivity index (χ0v) is 14.9. The predicted molar refractivity (Wildman–Crippen MR) is 98.3 cm³/mol. The zero-order valence-electron chi connectivity index (χ0n) is 14.9. The van der Waals surface area contributed by atoms with E-state index in [0.29, 0.717) is 32.4 Å². The van der Waals surface area contributed by atoms with Gasteiger partial charge in [-0.05, 0) is 36.1 Å². The molecule has 0 radical (unpaired) electrons. The molecule has 1 fully saturated rings. The molecule has 1 amide bonds. The van der Waals surface area contributed by atoms with Gasteiger partial charge in [0.1, 0.15) is 5.75 Å². The molecule has 3 rings (SSSR count). The first-order chi connectivity index (χ1) is 12.5. The van der Waals surface area contributed by atoms with Crippen molar-refractivity contribution in [3.63, 3.8) is 0 Å². The predicted octanol–water partition coefficient (Wildman–Crippen LogP) is 2.88. The van der Waals surface area contributed by atoms with Crippen LogP contribution in [0.2, 0.25) is 0 Å². The van der Waals surface area contributed by atoms with E-state index in [1.165, 1.54) is 0 Å². The van der Waals surface area contributed by atoms with Gasteiger partial charge in [-0.3, -0.25) is 9.59 Å². The lowest BCUT2D eigenvalue weighted by atomic mass is 9.73. The van der Waals surface area contributed by atoms with Crippen LogP contribution in [0.4, 0.5) is 0 Å². The summed E-state index contributed by atoms with van der Waals surface area (Å²) in [5, 5.41) is 9.84. The van der Waals surface area contributed by atoms with Crippen molar-refractivity contribution in [1.82, 2.24) is 4.90 Å². The molecular weight excluding hydrogens is 330 g/mol. The Morgan fingerprint density at radius 3 is 2.38 bits per heavy atom. The van der Waals surface area contributed by atoms with Gasteiger partial charge in [0.05, 0.1) is 18.9 Å². The number of likely N-dealkylation sites (tertiary alicyclic amines) is 1. The fourth-order valence-electron chi connectivity index (χ4n) is 3.59. The molecule has 1 aliphatic rings. The highest BCUT2D eigenvalue weighted by Gasteiger charge is 2.43. The number of carboxylic acid groups (broad SMARTS) is 1. The summed E-state index contributed by atoms with van der Waals surface area (Å²) in [6.07, 6.45) is 1.15. The molecule has 0 unspecified atom stereocenters. The second-order valence-corrected chi connectivity index (χ2v) is 6.66. The van der Waals surface area contributed by atoms with E-state index < -0.39 is 11.4 Å². The number of hydrogen-bond acceptors (Lipinski definition) is 3. The Bertz CT molecular complexity index is 780. The maximum Gasteiger partial charge on any atom is 0.314 e. The summed E-state index contributed by atoms with van der Waals surface area (Å²) in [5.74, 6) is -0.0724. The number of rotatable bonds is 5. The third-order valence-corrected chi connectivity index (χ3v) is 5.19. The molecule has 1 heterocycles. The van der Waals surface area contributed by atoms with Gasteiger partial charge in [-0.25, -0.2) is 0 Å². The molecule has 0 saturated carbocycles. The van der Waals surface area contributed by atoms with E-state index in [4.69, 9.17) is 4.74 Å². The highest BCUT2D eigenvalue weighted by Crippen LogP contribution is 2.36. The van der Waals surface area contributed by atoms with Crippen LogP contribution < -0.4 is 4.74 Å².